The van der Waals surface area contributed by atoms with Gasteiger partial charge in [0.15, 0.2) is 0 Å². The van der Waals surface area contributed by atoms with Crippen molar-refractivity contribution >= 4 is 18.2 Å². The maximum absolute atomic E-state index is 12.9. The molecule has 0 aliphatic heterocycles. The number of aliphatic carboxylic acids is 1. The fourth-order valence-corrected chi connectivity index (χ4v) is 2.82. The van der Waals surface area contributed by atoms with Crippen LogP contribution in [0.25, 0.3) is 0 Å². The second-order valence-corrected chi connectivity index (χ2v) is 7.37. The van der Waals surface area contributed by atoms with Crippen LogP contribution in [0.1, 0.15) is 36.7 Å². The predicted octanol–water partition coefficient (Wildman–Crippen LogP) is 3.20. The first kappa shape index (κ1) is 21.2. The van der Waals surface area contributed by atoms with E-state index in [-0.39, 0.29) is 13.0 Å². The minimum absolute atomic E-state index is 0.0218. The van der Waals surface area contributed by atoms with Crippen LogP contribution in [-0.4, -0.2) is 46.4 Å². The number of para-hydroxylation sites is 1. The van der Waals surface area contributed by atoms with Crippen LogP contribution in [-0.2, 0) is 16.0 Å². The fraction of sp³-hybridized carbons (Fsp3) is 0.318. The fourth-order valence-electron chi connectivity index (χ4n) is 2.82. The molecule has 2 aromatic rings. The predicted molar refractivity (Wildman–Crippen MR) is 105 cm³/mol. The summed E-state index contributed by atoms with van der Waals surface area (Å²) in [5.74, 6) is -1.13. The van der Waals surface area contributed by atoms with Gasteiger partial charge in [-0.3, -0.25) is 4.79 Å². The van der Waals surface area contributed by atoms with Crippen molar-refractivity contribution in [2.24, 2.45) is 0 Å². The minimum atomic E-state index is -1.21. The van der Waals surface area contributed by atoms with Crippen molar-refractivity contribution < 1.29 is 24.2 Å². The molecule has 0 aromatic heterocycles. The van der Waals surface area contributed by atoms with Crippen molar-refractivity contribution in [3.05, 3.63) is 65.7 Å². The zero-order valence-electron chi connectivity index (χ0n) is 16.3. The second-order valence-electron chi connectivity index (χ2n) is 7.37. The number of rotatable bonds is 8. The van der Waals surface area contributed by atoms with E-state index in [4.69, 9.17) is 4.74 Å². The van der Waals surface area contributed by atoms with E-state index >= 15 is 0 Å². The Balaban J connectivity index is 2.37. The van der Waals surface area contributed by atoms with Crippen LogP contribution in [0.2, 0.25) is 0 Å². The second kappa shape index (κ2) is 9.17. The largest absolute Gasteiger partial charge is 0.488 e. The summed E-state index contributed by atoms with van der Waals surface area (Å²) in [5.41, 5.74) is 0.522. The van der Waals surface area contributed by atoms with Crippen LogP contribution in [0.3, 0.4) is 0 Å². The highest BCUT2D eigenvalue weighted by molar-refractivity contribution is 5.97. The molecule has 0 radical (unpaired) electrons. The van der Waals surface area contributed by atoms with Crippen LogP contribution in [0.15, 0.2) is 54.6 Å². The topological polar surface area (TPSA) is 83.9 Å². The van der Waals surface area contributed by atoms with Crippen LogP contribution >= 0.6 is 0 Å². The van der Waals surface area contributed by atoms with E-state index in [2.05, 4.69) is 0 Å². The van der Waals surface area contributed by atoms with Crippen molar-refractivity contribution in [3.63, 3.8) is 0 Å². The number of ether oxygens (including phenoxy) is 1. The quantitative estimate of drug-likeness (QED) is 0.708. The van der Waals surface area contributed by atoms with Gasteiger partial charge in [-0.05, 0) is 44.5 Å². The molecule has 1 N–H and O–H groups in total. The molecule has 2 aromatic carbocycles. The third-order valence-corrected chi connectivity index (χ3v) is 4.02. The lowest BCUT2D eigenvalue weighted by atomic mass is 10.0. The highest BCUT2D eigenvalue weighted by Gasteiger charge is 2.31. The van der Waals surface area contributed by atoms with Gasteiger partial charge in [-0.25, -0.2) is 4.79 Å². The van der Waals surface area contributed by atoms with Gasteiger partial charge in [0.05, 0.1) is 6.54 Å². The Bertz CT molecular complexity index is 826. The van der Waals surface area contributed by atoms with E-state index in [1.807, 2.05) is 20.8 Å². The van der Waals surface area contributed by atoms with Crippen molar-refractivity contribution in [1.29, 1.82) is 0 Å². The normalized spacial score (nSPS) is 12.1. The van der Waals surface area contributed by atoms with Crippen LogP contribution in [0, 0.1) is 0 Å². The molecule has 0 spiro atoms. The molecule has 148 valence electrons. The third kappa shape index (κ3) is 5.67. The molecule has 0 heterocycles. The summed E-state index contributed by atoms with van der Waals surface area (Å²) in [4.78, 5) is 37.1. The van der Waals surface area contributed by atoms with Gasteiger partial charge in [0, 0.05) is 12.0 Å². The number of carbonyl (C=O) groups excluding carboxylic acids is 2. The molecule has 1 unspecified atom stereocenters. The lowest BCUT2D eigenvalue weighted by molar-refractivity contribution is -0.142. The minimum Gasteiger partial charge on any atom is -0.488 e. The standard InChI is InChI=1S/C22H25NO5/c1-22(2,3)28-19-12-8-7-11-17(19)15-18(21(26)27)23(13-14-24)20(25)16-9-5-4-6-10-16/h4-12,14,18H,13,15H2,1-3H3,(H,26,27). The highest BCUT2D eigenvalue weighted by atomic mass is 16.5. The van der Waals surface area contributed by atoms with Gasteiger partial charge < -0.3 is 19.5 Å². The summed E-state index contributed by atoms with van der Waals surface area (Å²) >= 11 is 0. The number of carboxylic acids is 1. The first-order valence-electron chi connectivity index (χ1n) is 9.02. The summed E-state index contributed by atoms with van der Waals surface area (Å²) in [5, 5.41) is 9.80. The van der Waals surface area contributed by atoms with E-state index in [1.54, 1.807) is 54.6 Å². The lowest BCUT2D eigenvalue weighted by Crippen LogP contribution is -2.47. The number of benzene rings is 2. The molecule has 0 saturated carbocycles. The molecule has 28 heavy (non-hydrogen) atoms. The van der Waals surface area contributed by atoms with Crippen molar-refractivity contribution in [2.75, 3.05) is 6.54 Å². The Morgan fingerprint density at radius 2 is 1.68 bits per heavy atom. The van der Waals surface area contributed by atoms with Gasteiger partial charge in [0.1, 0.15) is 23.7 Å². The van der Waals surface area contributed by atoms with Gasteiger partial charge >= 0.3 is 5.97 Å². The maximum Gasteiger partial charge on any atom is 0.326 e. The third-order valence-electron chi connectivity index (χ3n) is 4.02. The van der Waals surface area contributed by atoms with Gasteiger partial charge in [-0.1, -0.05) is 36.4 Å². The number of amides is 1. The molecular weight excluding hydrogens is 358 g/mol. The van der Waals surface area contributed by atoms with Crippen LogP contribution in [0.4, 0.5) is 0 Å². The molecule has 0 bridgehead atoms. The summed E-state index contributed by atoms with van der Waals surface area (Å²) in [6, 6.07) is 14.2. The zero-order chi connectivity index (χ0) is 20.7. The van der Waals surface area contributed by atoms with Gasteiger partial charge in [0.2, 0.25) is 0 Å². The number of nitrogens with zero attached hydrogens (tertiary/aromatic N) is 1. The Hall–Kier alpha value is -3.15. The van der Waals surface area contributed by atoms with E-state index in [1.165, 1.54) is 0 Å². The maximum atomic E-state index is 12.9. The molecule has 0 saturated heterocycles. The molecule has 6 heteroatoms. The van der Waals surface area contributed by atoms with E-state index in [0.29, 0.717) is 23.2 Å². The van der Waals surface area contributed by atoms with Gasteiger partial charge in [-0.2, -0.15) is 0 Å². The number of hydrogen-bond acceptors (Lipinski definition) is 4. The monoisotopic (exact) mass is 383 g/mol. The number of carbonyl (C=O) groups is 3. The molecule has 0 aliphatic rings. The Morgan fingerprint density at radius 1 is 1.07 bits per heavy atom. The Morgan fingerprint density at radius 3 is 2.25 bits per heavy atom. The summed E-state index contributed by atoms with van der Waals surface area (Å²) < 4.78 is 5.93. The van der Waals surface area contributed by atoms with E-state index in [0.717, 1.165) is 4.90 Å². The number of hydrogen-bond donors (Lipinski definition) is 1. The van der Waals surface area contributed by atoms with Gasteiger partial charge in [-0.15, -0.1) is 0 Å². The molecule has 2 rings (SSSR count). The average Bonchev–Trinajstić information content (AvgIpc) is 2.64. The summed E-state index contributed by atoms with van der Waals surface area (Å²) in [6.45, 7) is 5.38. The Labute approximate surface area is 164 Å². The Kier molecular flexibility index (Phi) is 6.93. The number of carboxylic acid groups (broad SMARTS) is 1. The molecule has 1 atom stereocenters. The van der Waals surface area contributed by atoms with Crippen molar-refractivity contribution in [1.82, 2.24) is 4.90 Å². The summed E-state index contributed by atoms with van der Waals surface area (Å²) in [6.07, 6.45) is 0.558. The zero-order valence-corrected chi connectivity index (χ0v) is 16.3. The first-order valence-corrected chi connectivity index (χ1v) is 9.02. The van der Waals surface area contributed by atoms with Gasteiger partial charge in [0.25, 0.3) is 5.91 Å². The van der Waals surface area contributed by atoms with Crippen molar-refractivity contribution in [3.8, 4) is 5.75 Å². The van der Waals surface area contributed by atoms with Crippen molar-refractivity contribution in [2.45, 2.75) is 38.8 Å². The highest BCUT2D eigenvalue weighted by Crippen LogP contribution is 2.25. The first-order chi connectivity index (χ1) is 13.2. The number of aldehydes is 1. The van der Waals surface area contributed by atoms with E-state index < -0.39 is 23.5 Å². The average molecular weight is 383 g/mol. The molecule has 6 nitrogen and oxygen atoms in total. The SMILES string of the molecule is CC(C)(C)Oc1ccccc1CC(C(=O)O)N(CC=O)C(=O)c1ccccc1. The van der Waals surface area contributed by atoms with E-state index in [9.17, 15) is 19.5 Å². The summed E-state index contributed by atoms with van der Waals surface area (Å²) in [7, 11) is 0. The smallest absolute Gasteiger partial charge is 0.326 e. The molecular formula is C22H25NO5. The molecule has 0 fully saturated rings. The van der Waals surface area contributed by atoms with Crippen LogP contribution < -0.4 is 4.74 Å². The lowest BCUT2D eigenvalue weighted by Gasteiger charge is -2.29. The molecule has 1 amide bonds. The van der Waals surface area contributed by atoms with Crippen LogP contribution in [0.5, 0.6) is 5.75 Å². The molecule has 0 aliphatic carbocycles.